The summed E-state index contributed by atoms with van der Waals surface area (Å²) in [6, 6.07) is 6.52. The van der Waals surface area contributed by atoms with Crippen molar-refractivity contribution in [3.8, 4) is 5.75 Å². The summed E-state index contributed by atoms with van der Waals surface area (Å²) >= 11 is 0. The third-order valence-electron chi connectivity index (χ3n) is 5.36. The predicted molar refractivity (Wildman–Crippen MR) is 118 cm³/mol. The van der Waals surface area contributed by atoms with Gasteiger partial charge >= 0.3 is 5.97 Å². The maximum atomic E-state index is 11.8. The summed E-state index contributed by atoms with van der Waals surface area (Å²) in [4.78, 5) is 11.8. The summed E-state index contributed by atoms with van der Waals surface area (Å²) in [5, 5.41) is 9.62. The molecule has 0 fully saturated rings. The van der Waals surface area contributed by atoms with Crippen molar-refractivity contribution < 1.29 is 35.7 Å². The van der Waals surface area contributed by atoms with E-state index in [2.05, 4.69) is 6.92 Å². The number of esters is 1. The Labute approximate surface area is 193 Å². The fourth-order valence-corrected chi connectivity index (χ4v) is 3.54. The van der Waals surface area contributed by atoms with Crippen molar-refractivity contribution in [3.63, 3.8) is 0 Å². The molecule has 3 nitrogen and oxygen atoms in total. The summed E-state index contributed by atoms with van der Waals surface area (Å²) in [6.45, 7) is 2.71. The number of rotatable bonds is 18. The molecule has 0 aliphatic rings. The first-order chi connectivity index (χ1) is 13.8. The van der Waals surface area contributed by atoms with Gasteiger partial charge in [0, 0.05) is 21.1 Å². The number of ether oxygens (including phenoxy) is 1. The van der Waals surface area contributed by atoms with Crippen molar-refractivity contribution in [1.29, 1.82) is 0 Å². The zero-order valence-corrected chi connectivity index (χ0v) is 20.5. The molecule has 1 aromatic rings. The minimum atomic E-state index is -0.431. The Balaban J connectivity index is 0.00000784. The van der Waals surface area contributed by atoms with E-state index in [1.165, 1.54) is 96.0 Å². The minimum Gasteiger partial charge on any atom is -0.507 e. The van der Waals surface area contributed by atoms with E-state index in [1.54, 1.807) is 18.2 Å². The van der Waals surface area contributed by atoms with Gasteiger partial charge in [0.25, 0.3) is 0 Å². The SMILES string of the molecule is CCCCCCCCCCCCCCCCCCOC(=O)c1ccccc1O.[Mo]. The van der Waals surface area contributed by atoms with Gasteiger partial charge in [0.15, 0.2) is 0 Å². The van der Waals surface area contributed by atoms with Gasteiger partial charge < -0.3 is 9.84 Å². The largest absolute Gasteiger partial charge is 0.507 e. The van der Waals surface area contributed by atoms with Crippen LogP contribution in [0.15, 0.2) is 24.3 Å². The molecule has 0 heterocycles. The average Bonchev–Trinajstić information content (AvgIpc) is 2.70. The predicted octanol–water partition coefficient (Wildman–Crippen LogP) is 7.81. The van der Waals surface area contributed by atoms with Gasteiger partial charge in [-0.15, -0.1) is 0 Å². The maximum Gasteiger partial charge on any atom is 0.341 e. The molecule has 0 unspecified atom stereocenters. The topological polar surface area (TPSA) is 46.5 Å². The molecule has 29 heavy (non-hydrogen) atoms. The molecule has 0 amide bonds. The normalized spacial score (nSPS) is 10.5. The smallest absolute Gasteiger partial charge is 0.341 e. The summed E-state index contributed by atoms with van der Waals surface area (Å²) < 4.78 is 5.23. The van der Waals surface area contributed by atoms with Gasteiger partial charge in [-0.3, -0.25) is 0 Å². The number of phenolic OH excluding ortho intramolecular Hbond substituents is 1. The number of hydrogen-bond acceptors (Lipinski definition) is 3. The Bertz CT molecular complexity index is 505. The monoisotopic (exact) mass is 488 g/mol. The van der Waals surface area contributed by atoms with Crippen LogP contribution in [-0.4, -0.2) is 17.7 Å². The van der Waals surface area contributed by atoms with E-state index in [-0.39, 0.29) is 32.4 Å². The van der Waals surface area contributed by atoms with Crippen molar-refractivity contribution in [1.82, 2.24) is 0 Å². The number of carbonyl (C=O) groups excluding carboxylic acids is 1. The van der Waals surface area contributed by atoms with Gasteiger partial charge in [0.2, 0.25) is 0 Å². The van der Waals surface area contributed by atoms with Crippen molar-refractivity contribution >= 4 is 5.97 Å². The average molecular weight is 487 g/mol. The van der Waals surface area contributed by atoms with Crippen LogP contribution in [0, 0.1) is 0 Å². The van der Waals surface area contributed by atoms with Crippen LogP contribution in [0.5, 0.6) is 5.75 Å². The third kappa shape index (κ3) is 15.7. The summed E-state index contributed by atoms with van der Waals surface area (Å²) in [6.07, 6.45) is 21.3. The first-order valence-corrected chi connectivity index (χ1v) is 11.7. The van der Waals surface area contributed by atoms with E-state index in [1.807, 2.05) is 0 Å². The molecule has 0 radical (unpaired) electrons. The van der Waals surface area contributed by atoms with Crippen molar-refractivity contribution in [3.05, 3.63) is 29.8 Å². The van der Waals surface area contributed by atoms with Crippen LogP contribution in [0.25, 0.3) is 0 Å². The van der Waals surface area contributed by atoms with Crippen molar-refractivity contribution in [2.24, 2.45) is 0 Å². The Morgan fingerprint density at radius 2 is 1.14 bits per heavy atom. The van der Waals surface area contributed by atoms with Gasteiger partial charge in [-0.2, -0.15) is 0 Å². The quantitative estimate of drug-likeness (QED) is 0.131. The Morgan fingerprint density at radius 1 is 0.724 bits per heavy atom. The summed E-state index contributed by atoms with van der Waals surface area (Å²) in [5.74, 6) is -0.446. The van der Waals surface area contributed by atoms with Crippen LogP contribution in [0.4, 0.5) is 0 Å². The first kappa shape index (κ1) is 28.2. The van der Waals surface area contributed by atoms with E-state index in [4.69, 9.17) is 4.74 Å². The van der Waals surface area contributed by atoms with Crippen LogP contribution < -0.4 is 0 Å². The van der Waals surface area contributed by atoms with Crippen molar-refractivity contribution in [2.45, 2.75) is 110 Å². The number of benzene rings is 1. The number of hydrogen-bond donors (Lipinski definition) is 1. The second-order valence-electron chi connectivity index (χ2n) is 7.96. The van der Waals surface area contributed by atoms with Crippen LogP contribution >= 0.6 is 0 Å². The molecule has 0 bridgehead atoms. The van der Waals surface area contributed by atoms with Crippen LogP contribution in [0.2, 0.25) is 0 Å². The number of phenols is 1. The van der Waals surface area contributed by atoms with Gasteiger partial charge in [0.1, 0.15) is 11.3 Å². The second-order valence-corrected chi connectivity index (χ2v) is 7.96. The number of para-hydroxylation sites is 1. The zero-order valence-electron chi connectivity index (χ0n) is 18.5. The van der Waals surface area contributed by atoms with Crippen LogP contribution in [0.1, 0.15) is 120 Å². The number of aromatic hydroxyl groups is 1. The van der Waals surface area contributed by atoms with Crippen molar-refractivity contribution in [2.75, 3.05) is 6.61 Å². The Morgan fingerprint density at radius 3 is 1.59 bits per heavy atom. The molecule has 0 saturated carbocycles. The molecule has 0 spiro atoms. The fraction of sp³-hybridized carbons (Fsp3) is 0.720. The van der Waals surface area contributed by atoms with E-state index < -0.39 is 5.97 Å². The first-order valence-electron chi connectivity index (χ1n) is 11.7. The Kier molecular flexibility index (Phi) is 19.9. The molecular formula is C25H42MoO3. The molecule has 0 aromatic heterocycles. The fourth-order valence-electron chi connectivity index (χ4n) is 3.54. The van der Waals surface area contributed by atoms with Gasteiger partial charge in [-0.1, -0.05) is 115 Å². The van der Waals surface area contributed by atoms with Crippen LogP contribution in [-0.2, 0) is 25.8 Å². The van der Waals surface area contributed by atoms with Gasteiger partial charge in [-0.05, 0) is 18.6 Å². The molecular weight excluding hydrogens is 444 g/mol. The molecule has 1 N–H and O–H groups in total. The molecule has 0 aliphatic heterocycles. The second kappa shape index (κ2) is 20.5. The molecule has 4 heteroatoms. The van der Waals surface area contributed by atoms with E-state index >= 15 is 0 Å². The van der Waals surface area contributed by atoms with E-state index in [0.717, 1.165) is 12.8 Å². The molecule has 166 valence electrons. The van der Waals surface area contributed by atoms with Gasteiger partial charge in [-0.25, -0.2) is 4.79 Å². The molecule has 0 aliphatic carbocycles. The molecule has 0 atom stereocenters. The number of unbranched alkanes of at least 4 members (excludes halogenated alkanes) is 15. The molecule has 1 aromatic carbocycles. The minimum absolute atomic E-state index is 0. The molecule has 1 rings (SSSR count). The van der Waals surface area contributed by atoms with Crippen LogP contribution in [0.3, 0.4) is 0 Å². The van der Waals surface area contributed by atoms with E-state index in [9.17, 15) is 9.90 Å². The zero-order chi connectivity index (χ0) is 20.3. The Hall–Kier alpha value is -0.822. The van der Waals surface area contributed by atoms with Gasteiger partial charge in [0.05, 0.1) is 6.61 Å². The van der Waals surface area contributed by atoms with E-state index in [0.29, 0.717) is 6.61 Å². The molecule has 0 saturated heterocycles. The third-order valence-corrected chi connectivity index (χ3v) is 5.36. The summed E-state index contributed by atoms with van der Waals surface area (Å²) in [5.41, 5.74) is 0.249. The standard InChI is InChI=1S/C25H42O3.Mo/c1-2-3-4-5-6-7-8-9-10-11-12-13-14-15-16-19-22-28-25(27)23-20-17-18-21-24(23)26;/h17-18,20-21,26H,2-16,19,22H2,1H3;. The summed E-state index contributed by atoms with van der Waals surface area (Å²) in [7, 11) is 0. The number of carbonyl (C=O) groups is 1. The maximum absolute atomic E-state index is 11.8.